The van der Waals surface area contributed by atoms with Gasteiger partial charge >= 0.3 is 0 Å². The number of nitrogens with zero attached hydrogens (tertiary/aromatic N) is 1. The fraction of sp³-hybridized carbons (Fsp3) is 0.714. The predicted octanol–water partition coefficient (Wildman–Crippen LogP) is 3.87. The molecule has 24 heavy (non-hydrogen) atoms. The van der Waals surface area contributed by atoms with Gasteiger partial charge in [-0.15, -0.1) is 0 Å². The number of hydrogen-bond acceptors (Lipinski definition) is 3. The van der Waals surface area contributed by atoms with Crippen LogP contribution >= 0.6 is 0 Å². The van der Waals surface area contributed by atoms with Crippen LogP contribution in [0.2, 0.25) is 0 Å². The summed E-state index contributed by atoms with van der Waals surface area (Å²) in [6.07, 6.45) is 8.02. The van der Waals surface area contributed by atoms with Crippen molar-refractivity contribution in [1.82, 2.24) is 4.90 Å². The zero-order valence-electron chi connectivity index (χ0n) is 15.0. The highest BCUT2D eigenvalue weighted by molar-refractivity contribution is 5.36. The van der Waals surface area contributed by atoms with Gasteiger partial charge < -0.3 is 14.4 Å². The summed E-state index contributed by atoms with van der Waals surface area (Å²) >= 11 is 0. The number of likely N-dealkylation sites (tertiary alicyclic amines) is 1. The van der Waals surface area contributed by atoms with Crippen LogP contribution in [0.1, 0.15) is 44.1 Å². The Hall–Kier alpha value is -1.06. The fourth-order valence-corrected chi connectivity index (χ4v) is 5.48. The molecule has 3 atom stereocenters. The van der Waals surface area contributed by atoms with E-state index in [0.717, 1.165) is 30.8 Å². The Bertz CT molecular complexity index is 555. The van der Waals surface area contributed by atoms with Crippen LogP contribution in [0.5, 0.6) is 5.75 Å². The average Bonchev–Trinajstić information content (AvgIpc) is 3.23. The second kappa shape index (κ2) is 7.05. The van der Waals surface area contributed by atoms with E-state index in [-0.39, 0.29) is 0 Å². The van der Waals surface area contributed by atoms with E-state index in [1.54, 1.807) is 7.11 Å². The summed E-state index contributed by atoms with van der Waals surface area (Å²) in [5.41, 5.74) is 1.91. The molecule has 0 radical (unpaired) electrons. The number of methoxy groups -OCH3 is 1. The standard InChI is InChI=1S/C21H31NO2/c1-23-20-7-2-5-18(13-20)21-9-3-6-19(21)15-22(11-4-10-21)14-17-8-12-24-16-17/h2,5,7,13,17,19H,3-4,6,8-12,14-16H2,1H3. The Morgan fingerprint density at radius 1 is 1.25 bits per heavy atom. The van der Waals surface area contributed by atoms with Crippen LogP contribution in [0.25, 0.3) is 0 Å². The summed E-state index contributed by atoms with van der Waals surface area (Å²) in [4.78, 5) is 2.75. The molecule has 0 aromatic heterocycles. The zero-order chi connectivity index (χ0) is 16.4. The normalized spacial score (nSPS) is 34.0. The van der Waals surface area contributed by atoms with Crippen LogP contribution in [-0.2, 0) is 10.2 Å². The second-order valence-corrected chi connectivity index (χ2v) is 8.07. The molecule has 1 aliphatic carbocycles. The van der Waals surface area contributed by atoms with E-state index in [2.05, 4.69) is 29.2 Å². The highest BCUT2D eigenvalue weighted by Crippen LogP contribution is 2.51. The van der Waals surface area contributed by atoms with E-state index in [9.17, 15) is 0 Å². The van der Waals surface area contributed by atoms with Crippen molar-refractivity contribution in [2.75, 3.05) is 40.0 Å². The number of fused-ring (bicyclic) bond motifs is 1. The highest BCUT2D eigenvalue weighted by atomic mass is 16.5. The molecule has 3 nitrogen and oxygen atoms in total. The van der Waals surface area contributed by atoms with E-state index in [0.29, 0.717) is 5.41 Å². The maximum atomic E-state index is 5.59. The van der Waals surface area contributed by atoms with Gasteiger partial charge in [-0.05, 0) is 73.6 Å². The van der Waals surface area contributed by atoms with Gasteiger partial charge in [0.05, 0.1) is 13.7 Å². The van der Waals surface area contributed by atoms with E-state index in [1.165, 1.54) is 63.7 Å². The van der Waals surface area contributed by atoms with E-state index >= 15 is 0 Å². The molecule has 1 aromatic rings. The highest BCUT2D eigenvalue weighted by Gasteiger charge is 2.45. The third kappa shape index (κ3) is 3.09. The van der Waals surface area contributed by atoms with Crippen LogP contribution in [0.4, 0.5) is 0 Å². The van der Waals surface area contributed by atoms with Crippen LogP contribution in [-0.4, -0.2) is 44.9 Å². The third-order valence-electron chi connectivity index (χ3n) is 6.72. The van der Waals surface area contributed by atoms with Gasteiger partial charge in [-0.3, -0.25) is 0 Å². The molecule has 1 saturated carbocycles. The molecule has 0 amide bonds. The van der Waals surface area contributed by atoms with Gasteiger partial charge in [0.15, 0.2) is 0 Å². The van der Waals surface area contributed by atoms with Gasteiger partial charge in [0.1, 0.15) is 5.75 Å². The Labute approximate surface area is 146 Å². The largest absolute Gasteiger partial charge is 0.497 e. The molecule has 3 aliphatic rings. The first kappa shape index (κ1) is 16.4. The van der Waals surface area contributed by atoms with Crippen molar-refractivity contribution in [3.8, 4) is 5.75 Å². The fourth-order valence-electron chi connectivity index (χ4n) is 5.48. The predicted molar refractivity (Wildman–Crippen MR) is 96.6 cm³/mol. The lowest BCUT2D eigenvalue weighted by molar-refractivity contribution is 0.158. The first-order valence-electron chi connectivity index (χ1n) is 9.75. The maximum Gasteiger partial charge on any atom is 0.119 e. The number of rotatable bonds is 4. The van der Waals surface area contributed by atoms with Crippen molar-refractivity contribution in [1.29, 1.82) is 0 Å². The number of hydrogen-bond donors (Lipinski definition) is 0. The monoisotopic (exact) mass is 329 g/mol. The summed E-state index contributed by atoms with van der Waals surface area (Å²) in [6.45, 7) is 5.72. The zero-order valence-corrected chi connectivity index (χ0v) is 15.0. The minimum Gasteiger partial charge on any atom is -0.497 e. The van der Waals surface area contributed by atoms with Gasteiger partial charge in [0, 0.05) is 19.7 Å². The van der Waals surface area contributed by atoms with Crippen molar-refractivity contribution in [2.45, 2.75) is 43.9 Å². The van der Waals surface area contributed by atoms with Crippen LogP contribution < -0.4 is 4.74 Å². The summed E-state index contributed by atoms with van der Waals surface area (Å²) < 4.78 is 11.1. The SMILES string of the molecule is COc1cccc(C23CCCC2CN(CC2CCOC2)CCC3)c1. The lowest BCUT2D eigenvalue weighted by atomic mass is 9.69. The van der Waals surface area contributed by atoms with Crippen molar-refractivity contribution >= 4 is 0 Å². The van der Waals surface area contributed by atoms with Gasteiger partial charge in [-0.2, -0.15) is 0 Å². The first-order valence-corrected chi connectivity index (χ1v) is 9.75. The summed E-state index contributed by atoms with van der Waals surface area (Å²) in [5, 5.41) is 0. The van der Waals surface area contributed by atoms with E-state index in [4.69, 9.17) is 9.47 Å². The van der Waals surface area contributed by atoms with Crippen LogP contribution in [0.15, 0.2) is 24.3 Å². The quantitative estimate of drug-likeness (QED) is 0.837. The minimum absolute atomic E-state index is 0.384. The first-order chi connectivity index (χ1) is 11.8. The van der Waals surface area contributed by atoms with Crippen LogP contribution in [0.3, 0.4) is 0 Å². The van der Waals surface area contributed by atoms with Gasteiger partial charge in [0.25, 0.3) is 0 Å². The Morgan fingerprint density at radius 2 is 2.17 bits per heavy atom. The molecule has 3 heteroatoms. The molecular weight excluding hydrogens is 298 g/mol. The molecule has 2 saturated heterocycles. The lowest BCUT2D eigenvalue weighted by Crippen LogP contribution is -2.37. The molecule has 3 fully saturated rings. The molecule has 0 spiro atoms. The topological polar surface area (TPSA) is 21.7 Å². The number of benzene rings is 1. The summed E-state index contributed by atoms with van der Waals surface area (Å²) in [6, 6.07) is 8.91. The second-order valence-electron chi connectivity index (χ2n) is 8.07. The smallest absolute Gasteiger partial charge is 0.119 e. The molecule has 132 valence electrons. The molecule has 3 unspecified atom stereocenters. The Kier molecular flexibility index (Phi) is 4.82. The average molecular weight is 329 g/mol. The maximum absolute atomic E-state index is 5.59. The van der Waals surface area contributed by atoms with Crippen molar-refractivity contribution in [3.63, 3.8) is 0 Å². The van der Waals surface area contributed by atoms with Crippen molar-refractivity contribution in [2.24, 2.45) is 11.8 Å². The van der Waals surface area contributed by atoms with Crippen LogP contribution in [0, 0.1) is 11.8 Å². The summed E-state index contributed by atoms with van der Waals surface area (Å²) in [7, 11) is 1.78. The Balaban J connectivity index is 1.54. The molecule has 0 N–H and O–H groups in total. The molecule has 1 aromatic carbocycles. The molecule has 4 rings (SSSR count). The van der Waals surface area contributed by atoms with Gasteiger partial charge in [-0.25, -0.2) is 0 Å². The number of ether oxygens (including phenoxy) is 2. The third-order valence-corrected chi connectivity index (χ3v) is 6.72. The van der Waals surface area contributed by atoms with Crippen molar-refractivity contribution < 1.29 is 9.47 Å². The van der Waals surface area contributed by atoms with E-state index in [1.807, 2.05) is 0 Å². The van der Waals surface area contributed by atoms with Gasteiger partial charge in [-0.1, -0.05) is 18.6 Å². The molecular formula is C21H31NO2. The Morgan fingerprint density at radius 3 is 3.00 bits per heavy atom. The van der Waals surface area contributed by atoms with E-state index < -0.39 is 0 Å². The minimum atomic E-state index is 0.384. The molecule has 0 bridgehead atoms. The van der Waals surface area contributed by atoms with Crippen molar-refractivity contribution in [3.05, 3.63) is 29.8 Å². The van der Waals surface area contributed by atoms with Gasteiger partial charge in [0.2, 0.25) is 0 Å². The molecule has 2 heterocycles. The summed E-state index contributed by atoms with van der Waals surface area (Å²) in [5.74, 6) is 2.57. The molecule has 2 aliphatic heterocycles. The lowest BCUT2D eigenvalue weighted by Gasteiger charge is -2.36.